The molecule has 0 spiro atoms. The van der Waals surface area contributed by atoms with Gasteiger partial charge in [0.15, 0.2) is 0 Å². The Morgan fingerprint density at radius 3 is 2.88 bits per heavy atom. The Morgan fingerprint density at radius 1 is 1.62 bits per heavy atom. The van der Waals surface area contributed by atoms with Crippen LogP contribution in [-0.2, 0) is 11.3 Å². The summed E-state index contributed by atoms with van der Waals surface area (Å²) in [6, 6.07) is 4.01. The SMILES string of the molecule is CC1CC1c1ccc(CN(C)C(=O)CBr)o1. The van der Waals surface area contributed by atoms with Crippen LogP contribution >= 0.6 is 15.9 Å². The van der Waals surface area contributed by atoms with Crippen molar-refractivity contribution in [2.75, 3.05) is 12.4 Å². The summed E-state index contributed by atoms with van der Waals surface area (Å²) in [5.74, 6) is 3.36. The molecule has 1 aromatic rings. The first kappa shape index (κ1) is 11.7. The molecule has 0 radical (unpaired) electrons. The highest BCUT2D eigenvalue weighted by Gasteiger charge is 2.36. The second-order valence-corrected chi connectivity index (χ2v) is 5.07. The molecule has 3 nitrogen and oxygen atoms in total. The second-order valence-electron chi connectivity index (χ2n) is 4.51. The summed E-state index contributed by atoms with van der Waals surface area (Å²) in [4.78, 5) is 13.0. The van der Waals surface area contributed by atoms with Gasteiger partial charge in [0.1, 0.15) is 11.5 Å². The third kappa shape index (κ3) is 2.48. The number of rotatable bonds is 4. The van der Waals surface area contributed by atoms with Crippen molar-refractivity contribution in [3.05, 3.63) is 23.7 Å². The molecule has 1 aliphatic carbocycles. The van der Waals surface area contributed by atoms with Gasteiger partial charge in [-0.3, -0.25) is 4.79 Å². The van der Waals surface area contributed by atoms with Crippen LogP contribution in [0.5, 0.6) is 0 Å². The first-order chi connectivity index (χ1) is 7.61. The van der Waals surface area contributed by atoms with E-state index >= 15 is 0 Å². The van der Waals surface area contributed by atoms with Gasteiger partial charge in [0.05, 0.1) is 11.9 Å². The predicted octanol–water partition coefficient (Wildman–Crippen LogP) is 2.76. The van der Waals surface area contributed by atoms with Crippen LogP contribution in [0.4, 0.5) is 0 Å². The average molecular weight is 286 g/mol. The molecule has 2 atom stereocenters. The zero-order valence-electron chi connectivity index (χ0n) is 9.57. The summed E-state index contributed by atoms with van der Waals surface area (Å²) in [6.45, 7) is 2.78. The zero-order valence-corrected chi connectivity index (χ0v) is 11.2. The Labute approximate surface area is 104 Å². The van der Waals surface area contributed by atoms with E-state index in [1.54, 1.807) is 11.9 Å². The van der Waals surface area contributed by atoms with Crippen LogP contribution in [0.2, 0.25) is 0 Å². The molecule has 1 amide bonds. The van der Waals surface area contributed by atoms with Crippen LogP contribution < -0.4 is 0 Å². The number of hydrogen-bond donors (Lipinski definition) is 0. The third-order valence-corrected chi connectivity index (χ3v) is 3.57. The summed E-state index contributed by atoms with van der Waals surface area (Å²) in [5, 5.41) is 0.358. The zero-order chi connectivity index (χ0) is 11.7. The number of carbonyl (C=O) groups is 1. The van der Waals surface area contributed by atoms with Gasteiger partial charge < -0.3 is 9.32 Å². The Bertz CT molecular complexity index is 388. The minimum absolute atomic E-state index is 0.0674. The van der Waals surface area contributed by atoms with Crippen molar-refractivity contribution in [2.24, 2.45) is 5.92 Å². The lowest BCUT2D eigenvalue weighted by molar-refractivity contribution is -0.127. The number of carbonyl (C=O) groups excluding carboxylic acids is 1. The standard InChI is InChI=1S/C12H16BrNO2/c1-8-5-10(8)11-4-3-9(16-11)7-14(2)12(15)6-13/h3-4,8,10H,5-7H2,1-2H3. The monoisotopic (exact) mass is 285 g/mol. The van der Waals surface area contributed by atoms with Gasteiger partial charge in [-0.05, 0) is 24.5 Å². The van der Waals surface area contributed by atoms with Crippen LogP contribution in [0.15, 0.2) is 16.5 Å². The van der Waals surface area contributed by atoms with Crippen molar-refractivity contribution in [1.29, 1.82) is 0 Å². The number of halogens is 1. The topological polar surface area (TPSA) is 33.5 Å². The molecule has 16 heavy (non-hydrogen) atoms. The molecule has 0 bridgehead atoms. The van der Waals surface area contributed by atoms with Crippen molar-refractivity contribution in [2.45, 2.75) is 25.8 Å². The Morgan fingerprint density at radius 2 is 2.31 bits per heavy atom. The molecule has 0 aromatic carbocycles. The fourth-order valence-corrected chi connectivity index (χ4v) is 2.25. The van der Waals surface area contributed by atoms with Crippen LogP contribution in [0.1, 0.15) is 30.8 Å². The minimum Gasteiger partial charge on any atom is -0.464 e. The minimum atomic E-state index is 0.0674. The van der Waals surface area contributed by atoms with Crippen LogP contribution in [-0.4, -0.2) is 23.2 Å². The maximum atomic E-state index is 11.4. The van der Waals surface area contributed by atoms with Crippen LogP contribution in [0, 0.1) is 5.92 Å². The summed E-state index contributed by atoms with van der Waals surface area (Å²) in [5.41, 5.74) is 0. The van der Waals surface area contributed by atoms with Crippen molar-refractivity contribution in [3.63, 3.8) is 0 Å². The van der Waals surface area contributed by atoms with Crippen molar-refractivity contribution < 1.29 is 9.21 Å². The fraction of sp³-hybridized carbons (Fsp3) is 0.583. The molecule has 1 aliphatic rings. The highest BCUT2D eigenvalue weighted by atomic mass is 79.9. The quantitative estimate of drug-likeness (QED) is 0.797. The van der Waals surface area contributed by atoms with Crippen molar-refractivity contribution >= 4 is 21.8 Å². The fourth-order valence-electron chi connectivity index (χ4n) is 1.82. The number of hydrogen-bond acceptors (Lipinski definition) is 2. The normalized spacial score (nSPS) is 23.2. The van der Waals surface area contributed by atoms with Crippen LogP contribution in [0.3, 0.4) is 0 Å². The molecule has 1 heterocycles. The lowest BCUT2D eigenvalue weighted by atomic mass is 10.3. The van der Waals surface area contributed by atoms with E-state index in [1.165, 1.54) is 6.42 Å². The van der Waals surface area contributed by atoms with Crippen molar-refractivity contribution in [3.8, 4) is 0 Å². The van der Waals surface area contributed by atoms with E-state index in [1.807, 2.05) is 12.1 Å². The molecule has 1 aromatic heterocycles. The molecular formula is C12H16BrNO2. The Balaban J connectivity index is 1.95. The molecule has 1 saturated carbocycles. The van der Waals surface area contributed by atoms with E-state index < -0.39 is 0 Å². The first-order valence-corrected chi connectivity index (χ1v) is 6.62. The number of furan rings is 1. The van der Waals surface area contributed by atoms with Gasteiger partial charge in [-0.25, -0.2) is 0 Å². The molecule has 0 saturated heterocycles. The number of nitrogens with zero attached hydrogens (tertiary/aromatic N) is 1. The average Bonchev–Trinajstić information content (AvgIpc) is 2.82. The van der Waals surface area contributed by atoms with Gasteiger partial charge >= 0.3 is 0 Å². The van der Waals surface area contributed by atoms with Gasteiger partial charge in [-0.1, -0.05) is 22.9 Å². The van der Waals surface area contributed by atoms with Gasteiger partial charge in [-0.15, -0.1) is 0 Å². The molecule has 0 N–H and O–H groups in total. The molecule has 88 valence electrons. The molecule has 1 fully saturated rings. The summed E-state index contributed by atoms with van der Waals surface area (Å²) < 4.78 is 5.73. The molecular weight excluding hydrogens is 270 g/mol. The maximum absolute atomic E-state index is 11.4. The Kier molecular flexibility index (Phi) is 3.38. The largest absolute Gasteiger partial charge is 0.464 e. The van der Waals surface area contributed by atoms with Gasteiger partial charge in [0, 0.05) is 13.0 Å². The molecule has 4 heteroatoms. The van der Waals surface area contributed by atoms with Gasteiger partial charge in [0.2, 0.25) is 5.91 Å². The van der Waals surface area contributed by atoms with Gasteiger partial charge in [0.25, 0.3) is 0 Å². The molecule has 2 rings (SSSR count). The summed E-state index contributed by atoms with van der Waals surface area (Å²) in [7, 11) is 1.78. The molecule has 2 unspecified atom stereocenters. The molecule has 0 aliphatic heterocycles. The van der Waals surface area contributed by atoms with Crippen LogP contribution in [0.25, 0.3) is 0 Å². The van der Waals surface area contributed by atoms with E-state index in [-0.39, 0.29) is 5.91 Å². The first-order valence-electron chi connectivity index (χ1n) is 5.50. The highest BCUT2D eigenvalue weighted by Crippen LogP contribution is 2.47. The number of amides is 1. The van der Waals surface area contributed by atoms with E-state index in [0.717, 1.165) is 17.4 Å². The predicted molar refractivity (Wildman–Crippen MR) is 65.5 cm³/mol. The second kappa shape index (κ2) is 4.62. The Hall–Kier alpha value is -0.770. The van der Waals surface area contributed by atoms with E-state index in [4.69, 9.17) is 4.42 Å². The smallest absolute Gasteiger partial charge is 0.233 e. The van der Waals surface area contributed by atoms with Crippen molar-refractivity contribution in [1.82, 2.24) is 4.90 Å². The summed E-state index contributed by atoms with van der Waals surface area (Å²) in [6.07, 6.45) is 1.23. The lowest BCUT2D eigenvalue weighted by Crippen LogP contribution is -2.26. The van der Waals surface area contributed by atoms with E-state index in [2.05, 4.69) is 22.9 Å². The maximum Gasteiger partial charge on any atom is 0.233 e. The third-order valence-electron chi connectivity index (χ3n) is 3.09. The van der Waals surface area contributed by atoms with Gasteiger partial charge in [-0.2, -0.15) is 0 Å². The number of alkyl halides is 1. The highest BCUT2D eigenvalue weighted by molar-refractivity contribution is 9.09. The van der Waals surface area contributed by atoms with E-state index in [9.17, 15) is 4.79 Å². The lowest BCUT2D eigenvalue weighted by Gasteiger charge is -2.13. The summed E-state index contributed by atoms with van der Waals surface area (Å²) >= 11 is 3.15. The van der Waals surface area contributed by atoms with E-state index in [0.29, 0.717) is 17.8 Å².